The van der Waals surface area contributed by atoms with Gasteiger partial charge in [-0.05, 0) is 57.5 Å². The van der Waals surface area contributed by atoms with Crippen molar-refractivity contribution in [2.45, 2.75) is 45.8 Å². The molecule has 146 valence electrons. The van der Waals surface area contributed by atoms with Crippen LogP contribution in [-0.2, 0) is 9.53 Å². The number of nitrogens with zero attached hydrogens (tertiary/aromatic N) is 2. The van der Waals surface area contributed by atoms with Gasteiger partial charge in [-0.15, -0.1) is 0 Å². The van der Waals surface area contributed by atoms with Crippen LogP contribution < -0.4 is 5.32 Å². The number of hydrogen-bond donors (Lipinski definition) is 2. The van der Waals surface area contributed by atoms with E-state index in [-0.39, 0.29) is 24.5 Å². The smallest absolute Gasteiger partial charge is 0.326 e. The number of halogens is 1. The summed E-state index contributed by atoms with van der Waals surface area (Å²) < 4.78 is 20.2. The second-order valence-electron chi connectivity index (χ2n) is 7.19. The zero-order valence-electron chi connectivity index (χ0n) is 15.8. The first-order valence-corrected chi connectivity index (χ1v) is 8.56. The zero-order chi connectivity index (χ0) is 20.2. The highest BCUT2D eigenvalue weighted by atomic mass is 19.1. The molecule has 2 N–H and O–H groups in total. The van der Waals surface area contributed by atoms with Crippen LogP contribution in [0.1, 0.15) is 43.2 Å². The topological polar surface area (TPSA) is 93.5 Å². The molecule has 1 aromatic carbocycles. The quantitative estimate of drug-likeness (QED) is 0.774. The molecular formula is C19H24FN3O4. The molecule has 1 amide bonds. The Balaban J connectivity index is 2.06. The van der Waals surface area contributed by atoms with Crippen molar-refractivity contribution in [3.63, 3.8) is 0 Å². The number of benzene rings is 1. The summed E-state index contributed by atoms with van der Waals surface area (Å²) in [5.74, 6) is -2.10. The fourth-order valence-corrected chi connectivity index (χ4v) is 2.43. The fourth-order valence-electron chi connectivity index (χ4n) is 2.43. The van der Waals surface area contributed by atoms with Gasteiger partial charge in [0.1, 0.15) is 11.9 Å². The minimum atomic E-state index is -1.14. The van der Waals surface area contributed by atoms with E-state index >= 15 is 0 Å². The number of ether oxygens (including phenoxy) is 1. The molecule has 0 spiro atoms. The Bertz CT molecular complexity index is 827. The summed E-state index contributed by atoms with van der Waals surface area (Å²) in [5.41, 5.74) is 0.970. The van der Waals surface area contributed by atoms with Crippen molar-refractivity contribution >= 4 is 11.9 Å². The maximum atomic E-state index is 13.2. The van der Waals surface area contributed by atoms with Crippen molar-refractivity contribution in [2.75, 3.05) is 6.61 Å². The summed E-state index contributed by atoms with van der Waals surface area (Å²) in [4.78, 5) is 23.7. The molecule has 2 aromatic rings. The maximum Gasteiger partial charge on any atom is 0.326 e. The van der Waals surface area contributed by atoms with E-state index in [2.05, 4.69) is 10.4 Å². The van der Waals surface area contributed by atoms with E-state index in [1.165, 1.54) is 22.9 Å². The Kier molecular flexibility index (Phi) is 6.32. The van der Waals surface area contributed by atoms with Crippen LogP contribution >= 0.6 is 0 Å². The van der Waals surface area contributed by atoms with Gasteiger partial charge in [0.15, 0.2) is 5.69 Å². The van der Waals surface area contributed by atoms with E-state index in [9.17, 15) is 19.1 Å². The maximum absolute atomic E-state index is 13.2. The summed E-state index contributed by atoms with van der Waals surface area (Å²) in [6.45, 7) is 7.53. The van der Waals surface area contributed by atoms with Crippen LogP contribution in [0.25, 0.3) is 5.69 Å². The Hall–Kier alpha value is -2.74. The van der Waals surface area contributed by atoms with Crippen LogP contribution in [0, 0.1) is 12.7 Å². The molecule has 0 saturated heterocycles. The molecule has 1 heterocycles. The lowest BCUT2D eigenvalue weighted by Gasteiger charge is -2.21. The molecule has 27 heavy (non-hydrogen) atoms. The highest BCUT2D eigenvalue weighted by molar-refractivity contribution is 5.94. The third-order valence-electron chi connectivity index (χ3n) is 3.77. The largest absolute Gasteiger partial charge is 0.480 e. The van der Waals surface area contributed by atoms with Gasteiger partial charge in [-0.3, -0.25) is 4.79 Å². The second kappa shape index (κ2) is 8.30. The number of carbonyl (C=O) groups is 2. The van der Waals surface area contributed by atoms with Crippen molar-refractivity contribution < 1.29 is 23.8 Å². The molecular weight excluding hydrogens is 353 g/mol. The highest BCUT2D eigenvalue weighted by Crippen LogP contribution is 2.15. The van der Waals surface area contributed by atoms with Crippen molar-refractivity contribution in [3.05, 3.63) is 47.5 Å². The molecule has 0 aliphatic rings. The molecule has 1 atom stereocenters. The predicted octanol–water partition coefficient (Wildman–Crippen LogP) is 2.71. The average Bonchev–Trinajstić information content (AvgIpc) is 3.02. The number of amides is 1. The van der Waals surface area contributed by atoms with E-state index in [0.717, 1.165) is 0 Å². The molecule has 0 bridgehead atoms. The summed E-state index contributed by atoms with van der Waals surface area (Å²) >= 11 is 0. The van der Waals surface area contributed by atoms with Gasteiger partial charge in [0.25, 0.3) is 5.91 Å². The third-order valence-corrected chi connectivity index (χ3v) is 3.77. The Morgan fingerprint density at radius 3 is 2.63 bits per heavy atom. The number of nitrogens with one attached hydrogen (secondary N) is 1. The highest BCUT2D eigenvalue weighted by Gasteiger charge is 2.23. The van der Waals surface area contributed by atoms with Crippen LogP contribution in [0.4, 0.5) is 4.39 Å². The van der Waals surface area contributed by atoms with E-state index in [4.69, 9.17) is 4.74 Å². The number of carboxylic acid groups (broad SMARTS) is 1. The van der Waals surface area contributed by atoms with Gasteiger partial charge in [0.05, 0.1) is 11.3 Å². The Morgan fingerprint density at radius 2 is 2.04 bits per heavy atom. The van der Waals surface area contributed by atoms with Gasteiger partial charge in [-0.2, -0.15) is 5.10 Å². The number of carboxylic acids is 1. The number of aliphatic carboxylic acids is 1. The number of carbonyl (C=O) groups excluding carboxylic acids is 1. The van der Waals surface area contributed by atoms with E-state index < -0.39 is 23.5 Å². The van der Waals surface area contributed by atoms with Crippen molar-refractivity contribution in [2.24, 2.45) is 0 Å². The van der Waals surface area contributed by atoms with Crippen LogP contribution in [0.2, 0.25) is 0 Å². The van der Waals surface area contributed by atoms with Crippen LogP contribution in [-0.4, -0.2) is 45.0 Å². The standard InChI is InChI=1S/C19H24FN3O4/c1-12-11-13(20)5-6-16(12)23-9-7-14(22-23)17(24)21-15(18(25)26)8-10-27-19(2,3)4/h5-7,9,11,15H,8,10H2,1-4H3,(H,21,24)(H,25,26). The molecule has 7 nitrogen and oxygen atoms in total. The lowest BCUT2D eigenvalue weighted by atomic mass is 10.1. The predicted molar refractivity (Wildman–Crippen MR) is 97.5 cm³/mol. The van der Waals surface area contributed by atoms with Gasteiger partial charge in [-0.25, -0.2) is 13.9 Å². The Labute approximate surface area is 157 Å². The number of hydrogen-bond acceptors (Lipinski definition) is 4. The molecule has 2 rings (SSSR count). The number of rotatable bonds is 7. The molecule has 0 aliphatic carbocycles. The van der Waals surface area contributed by atoms with E-state index in [1.54, 1.807) is 19.2 Å². The molecule has 0 fully saturated rings. The first kappa shape index (κ1) is 20.6. The van der Waals surface area contributed by atoms with Gasteiger partial charge in [0.2, 0.25) is 0 Å². The van der Waals surface area contributed by atoms with Crippen molar-refractivity contribution in [1.82, 2.24) is 15.1 Å². The molecule has 1 aromatic heterocycles. The van der Waals surface area contributed by atoms with Gasteiger partial charge < -0.3 is 15.2 Å². The molecule has 0 radical (unpaired) electrons. The minimum absolute atomic E-state index is 0.0710. The van der Waals surface area contributed by atoms with Crippen LogP contribution in [0.15, 0.2) is 30.5 Å². The van der Waals surface area contributed by atoms with Crippen molar-refractivity contribution in [1.29, 1.82) is 0 Å². The average molecular weight is 377 g/mol. The van der Waals surface area contributed by atoms with E-state index in [1.807, 2.05) is 20.8 Å². The zero-order valence-corrected chi connectivity index (χ0v) is 15.8. The van der Waals surface area contributed by atoms with Crippen LogP contribution in [0.3, 0.4) is 0 Å². The molecule has 0 saturated carbocycles. The lowest BCUT2D eigenvalue weighted by Crippen LogP contribution is -2.42. The molecule has 8 heteroatoms. The first-order chi connectivity index (χ1) is 12.6. The summed E-state index contributed by atoms with van der Waals surface area (Å²) in [7, 11) is 0. The van der Waals surface area contributed by atoms with E-state index in [0.29, 0.717) is 11.3 Å². The summed E-state index contributed by atoms with van der Waals surface area (Å²) in [6, 6.07) is 4.62. The monoisotopic (exact) mass is 377 g/mol. The molecule has 0 aliphatic heterocycles. The summed E-state index contributed by atoms with van der Waals surface area (Å²) in [5, 5.41) is 15.9. The van der Waals surface area contributed by atoms with Gasteiger partial charge >= 0.3 is 5.97 Å². The third kappa shape index (κ3) is 5.89. The van der Waals surface area contributed by atoms with Crippen molar-refractivity contribution in [3.8, 4) is 5.69 Å². The van der Waals surface area contributed by atoms with Gasteiger partial charge in [0, 0.05) is 19.2 Å². The van der Waals surface area contributed by atoms with Crippen LogP contribution in [0.5, 0.6) is 0 Å². The second-order valence-corrected chi connectivity index (χ2v) is 7.19. The summed E-state index contributed by atoms with van der Waals surface area (Å²) in [6.07, 6.45) is 1.70. The first-order valence-electron chi connectivity index (χ1n) is 8.56. The number of aryl methyl sites for hydroxylation is 1. The minimum Gasteiger partial charge on any atom is -0.480 e. The fraction of sp³-hybridized carbons (Fsp3) is 0.421. The normalized spacial score (nSPS) is 12.6. The Morgan fingerprint density at radius 1 is 1.33 bits per heavy atom. The SMILES string of the molecule is Cc1cc(F)ccc1-n1ccc(C(=O)NC(CCOC(C)(C)C)C(=O)O)n1. The lowest BCUT2D eigenvalue weighted by molar-refractivity contribution is -0.140. The molecule has 1 unspecified atom stereocenters. The van der Waals surface area contributed by atoms with Gasteiger partial charge in [-0.1, -0.05) is 0 Å². The number of aromatic nitrogens is 2.